The number of halogens is 1. The lowest BCUT2D eigenvalue weighted by Crippen LogP contribution is -2.53. The van der Waals surface area contributed by atoms with Crippen molar-refractivity contribution in [1.29, 1.82) is 0 Å². The maximum Gasteiger partial charge on any atom is 0.244 e. The summed E-state index contributed by atoms with van der Waals surface area (Å²) in [6.45, 7) is 5.42. The van der Waals surface area contributed by atoms with E-state index in [2.05, 4.69) is 21.2 Å². The normalized spacial score (nSPS) is 13.0. The summed E-state index contributed by atoms with van der Waals surface area (Å²) >= 11 is 3.34. The van der Waals surface area contributed by atoms with Crippen LogP contribution in [0.15, 0.2) is 53.0 Å². The largest absolute Gasteiger partial charge is 0.497 e. The molecule has 1 N–H and O–H groups in total. The first-order valence-electron chi connectivity index (χ1n) is 11.5. The van der Waals surface area contributed by atoms with Crippen LogP contribution in [0, 0.1) is 0 Å². The van der Waals surface area contributed by atoms with Crippen molar-refractivity contribution in [1.82, 2.24) is 10.2 Å². The molecular weight excluding hydrogens is 534 g/mol. The number of carbonyl (C=O) groups excluding carboxylic acids is 2. The number of benzene rings is 2. The zero-order valence-corrected chi connectivity index (χ0v) is 23.2. The molecule has 0 fully saturated rings. The van der Waals surface area contributed by atoms with Gasteiger partial charge >= 0.3 is 0 Å². The number of sulfonamides is 1. The number of ether oxygens (including phenoxy) is 1. The van der Waals surface area contributed by atoms with Crippen LogP contribution in [-0.2, 0) is 26.2 Å². The summed E-state index contributed by atoms with van der Waals surface area (Å²) in [4.78, 5) is 28.2. The lowest BCUT2D eigenvalue weighted by Gasteiger charge is -2.33. The first-order chi connectivity index (χ1) is 16.5. The van der Waals surface area contributed by atoms with Gasteiger partial charge in [0.15, 0.2) is 0 Å². The highest BCUT2D eigenvalue weighted by molar-refractivity contribution is 9.10. The number of methoxy groups -OCH3 is 1. The van der Waals surface area contributed by atoms with Crippen molar-refractivity contribution in [3.63, 3.8) is 0 Å². The summed E-state index contributed by atoms with van der Waals surface area (Å²) in [6.07, 6.45) is 2.18. The van der Waals surface area contributed by atoms with Gasteiger partial charge in [0.05, 0.1) is 19.1 Å². The fourth-order valence-electron chi connectivity index (χ4n) is 3.51. The standard InChI is InChI=1S/C25H34BrN3O5S/c1-6-18(3)27-25(31)23(7-2)28(16-19-8-14-22(34-4)15-9-19)24(30)17-29(35(5,32)33)21-12-10-20(26)11-13-21/h8-15,18,23H,6-7,16-17H2,1-5H3,(H,27,31)/t18-,23+/m1/s1. The fraction of sp³-hybridized carbons (Fsp3) is 0.440. The molecule has 0 aliphatic rings. The van der Waals surface area contributed by atoms with Crippen molar-refractivity contribution < 1.29 is 22.7 Å². The van der Waals surface area contributed by atoms with E-state index in [1.165, 1.54) is 4.90 Å². The molecule has 2 amide bonds. The van der Waals surface area contributed by atoms with E-state index in [9.17, 15) is 18.0 Å². The summed E-state index contributed by atoms with van der Waals surface area (Å²) in [6, 6.07) is 13.1. The van der Waals surface area contributed by atoms with Crippen LogP contribution in [0.1, 0.15) is 39.2 Å². The quantitative estimate of drug-likeness (QED) is 0.419. The predicted octanol–water partition coefficient (Wildman–Crippen LogP) is 3.95. The molecule has 0 heterocycles. The molecule has 0 saturated heterocycles. The van der Waals surface area contributed by atoms with Crippen molar-refractivity contribution in [2.75, 3.05) is 24.2 Å². The molecule has 2 rings (SSSR count). The number of carbonyl (C=O) groups is 2. The van der Waals surface area contributed by atoms with Gasteiger partial charge in [-0.3, -0.25) is 13.9 Å². The Balaban J connectivity index is 2.42. The van der Waals surface area contributed by atoms with Gasteiger partial charge in [-0.1, -0.05) is 41.9 Å². The molecule has 10 heteroatoms. The van der Waals surface area contributed by atoms with Crippen LogP contribution >= 0.6 is 15.9 Å². The average molecular weight is 569 g/mol. The molecule has 0 aliphatic carbocycles. The van der Waals surface area contributed by atoms with Gasteiger partial charge in [-0.15, -0.1) is 0 Å². The second-order valence-corrected chi connectivity index (χ2v) is 11.2. The van der Waals surface area contributed by atoms with Gasteiger partial charge in [-0.2, -0.15) is 0 Å². The Bertz CT molecular complexity index is 1090. The number of nitrogens with one attached hydrogen (secondary N) is 1. The van der Waals surface area contributed by atoms with Gasteiger partial charge in [0.2, 0.25) is 21.8 Å². The number of amides is 2. The van der Waals surface area contributed by atoms with Crippen LogP contribution < -0.4 is 14.4 Å². The van der Waals surface area contributed by atoms with Gasteiger partial charge in [0, 0.05) is 17.1 Å². The van der Waals surface area contributed by atoms with Crippen LogP contribution in [-0.4, -0.2) is 57.1 Å². The van der Waals surface area contributed by atoms with E-state index < -0.39 is 28.5 Å². The van der Waals surface area contributed by atoms with Crippen LogP contribution in [0.3, 0.4) is 0 Å². The van der Waals surface area contributed by atoms with E-state index in [0.29, 0.717) is 17.9 Å². The molecule has 0 aromatic heterocycles. The van der Waals surface area contributed by atoms with Crippen molar-refractivity contribution in [3.05, 3.63) is 58.6 Å². The van der Waals surface area contributed by atoms with Gasteiger partial charge in [-0.25, -0.2) is 8.42 Å². The van der Waals surface area contributed by atoms with E-state index in [0.717, 1.165) is 27.0 Å². The Morgan fingerprint density at radius 1 is 1.03 bits per heavy atom. The van der Waals surface area contributed by atoms with Crippen LogP contribution in [0.25, 0.3) is 0 Å². The number of anilines is 1. The molecule has 0 spiro atoms. The molecule has 2 aromatic carbocycles. The first-order valence-corrected chi connectivity index (χ1v) is 14.1. The number of rotatable bonds is 12. The molecule has 0 unspecified atom stereocenters. The van der Waals surface area contributed by atoms with E-state index >= 15 is 0 Å². The molecule has 2 atom stereocenters. The third-order valence-corrected chi connectivity index (χ3v) is 7.36. The van der Waals surface area contributed by atoms with Crippen LogP contribution in [0.2, 0.25) is 0 Å². The second kappa shape index (κ2) is 12.9. The fourth-order valence-corrected chi connectivity index (χ4v) is 4.62. The predicted molar refractivity (Wildman–Crippen MR) is 142 cm³/mol. The monoisotopic (exact) mass is 567 g/mol. The Morgan fingerprint density at radius 3 is 2.11 bits per heavy atom. The van der Waals surface area contributed by atoms with Crippen LogP contribution in [0.5, 0.6) is 5.75 Å². The highest BCUT2D eigenvalue weighted by atomic mass is 79.9. The SMILES string of the molecule is CC[C@@H](C)NC(=O)[C@H](CC)N(Cc1ccc(OC)cc1)C(=O)CN(c1ccc(Br)cc1)S(C)(=O)=O. The Hall–Kier alpha value is -2.59. The number of nitrogens with zero attached hydrogens (tertiary/aromatic N) is 2. The molecular formula is C25H34BrN3O5S. The van der Waals surface area contributed by atoms with Gasteiger partial charge in [0.1, 0.15) is 18.3 Å². The molecule has 0 saturated carbocycles. The minimum atomic E-state index is -3.76. The van der Waals surface area contributed by atoms with E-state index in [1.54, 1.807) is 43.5 Å². The third-order valence-electron chi connectivity index (χ3n) is 5.69. The zero-order chi connectivity index (χ0) is 26.2. The van der Waals surface area contributed by atoms with Crippen molar-refractivity contribution >= 4 is 43.5 Å². The minimum Gasteiger partial charge on any atom is -0.497 e. The van der Waals surface area contributed by atoms with Gasteiger partial charge in [0.25, 0.3) is 0 Å². The zero-order valence-electron chi connectivity index (χ0n) is 20.8. The Kier molecular flexibility index (Phi) is 10.6. The van der Waals surface area contributed by atoms with Gasteiger partial charge in [-0.05, 0) is 61.7 Å². The molecule has 0 bridgehead atoms. The van der Waals surface area contributed by atoms with E-state index in [-0.39, 0.29) is 18.5 Å². The Labute approximate surface area is 216 Å². The summed E-state index contributed by atoms with van der Waals surface area (Å²) in [7, 11) is -2.19. The number of hydrogen-bond donors (Lipinski definition) is 1. The summed E-state index contributed by atoms with van der Waals surface area (Å²) in [5, 5.41) is 2.95. The first kappa shape index (κ1) is 28.6. The second-order valence-electron chi connectivity index (χ2n) is 8.36. The molecule has 0 radical (unpaired) electrons. The summed E-state index contributed by atoms with van der Waals surface area (Å²) in [5.41, 5.74) is 1.16. The lowest BCUT2D eigenvalue weighted by molar-refractivity contribution is -0.140. The van der Waals surface area contributed by atoms with Crippen molar-refractivity contribution in [2.45, 2.75) is 52.2 Å². The van der Waals surface area contributed by atoms with E-state index in [1.807, 2.05) is 32.9 Å². The topological polar surface area (TPSA) is 96.0 Å². The van der Waals surface area contributed by atoms with E-state index in [4.69, 9.17) is 4.74 Å². The molecule has 2 aromatic rings. The third kappa shape index (κ3) is 8.24. The highest BCUT2D eigenvalue weighted by Crippen LogP contribution is 2.22. The molecule has 192 valence electrons. The minimum absolute atomic E-state index is 0.0511. The average Bonchev–Trinajstić information content (AvgIpc) is 2.82. The maximum absolute atomic E-state index is 13.6. The highest BCUT2D eigenvalue weighted by Gasteiger charge is 2.32. The Morgan fingerprint density at radius 2 is 1.63 bits per heavy atom. The summed E-state index contributed by atoms with van der Waals surface area (Å²) < 4.78 is 32.3. The lowest BCUT2D eigenvalue weighted by atomic mass is 10.1. The smallest absolute Gasteiger partial charge is 0.244 e. The van der Waals surface area contributed by atoms with Gasteiger partial charge < -0.3 is 15.0 Å². The maximum atomic E-state index is 13.6. The molecule has 35 heavy (non-hydrogen) atoms. The molecule has 0 aliphatic heterocycles. The van der Waals surface area contributed by atoms with Crippen LogP contribution in [0.4, 0.5) is 5.69 Å². The summed E-state index contributed by atoms with van der Waals surface area (Å²) in [5.74, 6) is -0.0646. The van der Waals surface area contributed by atoms with Crippen molar-refractivity contribution in [3.8, 4) is 5.75 Å². The van der Waals surface area contributed by atoms with Crippen molar-refractivity contribution in [2.24, 2.45) is 0 Å². The number of hydrogen-bond acceptors (Lipinski definition) is 5. The molecule has 8 nitrogen and oxygen atoms in total.